The van der Waals surface area contributed by atoms with Crippen LogP contribution in [0.5, 0.6) is 11.5 Å². The van der Waals surface area contributed by atoms with Crippen molar-refractivity contribution in [3.05, 3.63) is 72.3 Å². The summed E-state index contributed by atoms with van der Waals surface area (Å²) in [6.07, 6.45) is 1.04. The van der Waals surface area contributed by atoms with Gasteiger partial charge in [0, 0.05) is 18.7 Å². The van der Waals surface area contributed by atoms with Crippen LogP contribution in [0.1, 0.15) is 24.2 Å². The van der Waals surface area contributed by atoms with Gasteiger partial charge in [0.15, 0.2) is 5.96 Å². The number of aliphatic hydroxyl groups excluding tert-OH is 1. The molecule has 3 N–H and O–H groups in total. The summed E-state index contributed by atoms with van der Waals surface area (Å²) < 4.78 is 10.9. The van der Waals surface area contributed by atoms with Crippen molar-refractivity contribution in [1.82, 2.24) is 10.6 Å². The second-order valence-electron chi connectivity index (χ2n) is 6.08. The van der Waals surface area contributed by atoms with Crippen molar-refractivity contribution in [2.45, 2.75) is 19.6 Å². The van der Waals surface area contributed by atoms with E-state index >= 15 is 0 Å². The maximum Gasteiger partial charge on any atom is 0.191 e. The average Bonchev–Trinajstić information content (AvgIpc) is 2.74. The molecule has 0 aliphatic rings. The minimum Gasteiger partial charge on any atom is -0.497 e. The molecule has 0 saturated carbocycles. The Hall–Kier alpha value is -2.99. The number of benzene rings is 2. The lowest BCUT2D eigenvalue weighted by Gasteiger charge is -2.16. The van der Waals surface area contributed by atoms with Crippen LogP contribution in [0.25, 0.3) is 0 Å². The van der Waals surface area contributed by atoms with E-state index in [2.05, 4.69) is 22.2 Å². The first-order valence-corrected chi connectivity index (χ1v) is 9.33. The highest BCUT2D eigenvalue weighted by molar-refractivity contribution is 5.79. The number of aliphatic hydroxyl groups is 1. The minimum atomic E-state index is -0.679. The molecular weight excluding hydrogens is 354 g/mol. The topological polar surface area (TPSA) is 75.1 Å². The maximum atomic E-state index is 10.5. The van der Waals surface area contributed by atoms with Gasteiger partial charge in [-0.2, -0.15) is 0 Å². The zero-order chi connectivity index (χ0) is 20.2. The quantitative estimate of drug-likeness (QED) is 0.334. The molecule has 6 nitrogen and oxygen atoms in total. The summed E-state index contributed by atoms with van der Waals surface area (Å²) in [4.78, 5) is 4.60. The van der Waals surface area contributed by atoms with Crippen molar-refractivity contribution in [2.24, 2.45) is 4.99 Å². The molecular formula is C22H29N3O3. The summed E-state index contributed by atoms with van der Waals surface area (Å²) >= 11 is 0. The van der Waals surface area contributed by atoms with Crippen LogP contribution in [0.3, 0.4) is 0 Å². The SMILES string of the molecule is C=CCOc1ccccc1CN=C(NCC)NCC(O)c1cccc(OC)c1. The van der Waals surface area contributed by atoms with E-state index in [4.69, 9.17) is 9.47 Å². The van der Waals surface area contributed by atoms with Crippen LogP contribution in [0, 0.1) is 0 Å². The molecule has 2 aromatic carbocycles. The normalized spacial score (nSPS) is 12.2. The third-order valence-corrected chi connectivity index (χ3v) is 4.02. The van der Waals surface area contributed by atoms with Crippen LogP contribution in [-0.4, -0.2) is 37.9 Å². The fourth-order valence-electron chi connectivity index (χ4n) is 2.59. The van der Waals surface area contributed by atoms with Crippen molar-refractivity contribution < 1.29 is 14.6 Å². The molecule has 0 amide bonds. The van der Waals surface area contributed by atoms with Crippen LogP contribution < -0.4 is 20.1 Å². The molecule has 2 rings (SSSR count). The number of hydrogen-bond acceptors (Lipinski definition) is 4. The van der Waals surface area contributed by atoms with E-state index in [0.717, 1.165) is 23.4 Å². The van der Waals surface area contributed by atoms with Crippen molar-refractivity contribution in [3.8, 4) is 11.5 Å². The fourth-order valence-corrected chi connectivity index (χ4v) is 2.59. The summed E-state index contributed by atoms with van der Waals surface area (Å²) in [5.74, 6) is 2.13. The van der Waals surface area contributed by atoms with Crippen LogP contribution in [0.4, 0.5) is 0 Å². The number of methoxy groups -OCH3 is 1. The third kappa shape index (κ3) is 6.63. The number of ether oxygens (including phenoxy) is 2. The Morgan fingerprint density at radius 1 is 1.21 bits per heavy atom. The van der Waals surface area contributed by atoms with Gasteiger partial charge in [-0.15, -0.1) is 0 Å². The summed E-state index contributed by atoms with van der Waals surface area (Å²) in [5.41, 5.74) is 1.76. The number of rotatable bonds is 10. The Labute approximate surface area is 166 Å². The van der Waals surface area contributed by atoms with Crippen LogP contribution >= 0.6 is 0 Å². The van der Waals surface area contributed by atoms with Gasteiger partial charge in [-0.25, -0.2) is 4.99 Å². The predicted octanol–water partition coefficient (Wildman–Crippen LogP) is 3.05. The Bertz CT molecular complexity index is 777. The number of para-hydroxylation sites is 1. The second kappa shape index (κ2) is 11.7. The molecule has 0 heterocycles. The molecule has 0 radical (unpaired) electrons. The standard InChI is InChI=1S/C22H29N3O3/c1-4-13-28-21-12-7-6-9-18(21)15-24-22(23-5-2)25-16-20(26)17-10-8-11-19(14-17)27-3/h4,6-12,14,20,26H,1,5,13,15-16H2,2-3H3,(H2,23,24,25). The number of guanidine groups is 1. The Balaban J connectivity index is 2.01. The molecule has 1 unspecified atom stereocenters. The number of aliphatic imine (C=N–C) groups is 1. The van der Waals surface area contributed by atoms with Gasteiger partial charge in [0.25, 0.3) is 0 Å². The first-order chi connectivity index (χ1) is 13.7. The predicted molar refractivity (Wildman–Crippen MR) is 113 cm³/mol. The van der Waals surface area contributed by atoms with Crippen molar-refractivity contribution in [1.29, 1.82) is 0 Å². The van der Waals surface area contributed by atoms with Crippen molar-refractivity contribution in [3.63, 3.8) is 0 Å². The Morgan fingerprint density at radius 2 is 2.04 bits per heavy atom. The molecule has 150 valence electrons. The van der Waals surface area contributed by atoms with E-state index in [1.165, 1.54) is 0 Å². The molecule has 0 aromatic heterocycles. The maximum absolute atomic E-state index is 10.5. The summed E-state index contributed by atoms with van der Waals surface area (Å²) in [5, 5.41) is 16.8. The molecule has 0 fully saturated rings. The van der Waals surface area contributed by atoms with Gasteiger partial charge in [0.05, 0.1) is 19.8 Å². The van der Waals surface area contributed by atoms with E-state index in [1.807, 2.05) is 55.5 Å². The second-order valence-corrected chi connectivity index (χ2v) is 6.08. The van der Waals surface area contributed by atoms with E-state index in [1.54, 1.807) is 13.2 Å². The Kier molecular flexibility index (Phi) is 8.88. The van der Waals surface area contributed by atoms with Gasteiger partial charge in [-0.3, -0.25) is 0 Å². The van der Waals surface area contributed by atoms with Crippen molar-refractivity contribution >= 4 is 5.96 Å². The Morgan fingerprint density at radius 3 is 2.79 bits per heavy atom. The molecule has 28 heavy (non-hydrogen) atoms. The van der Waals surface area contributed by atoms with Gasteiger partial charge in [0.2, 0.25) is 0 Å². The molecule has 0 saturated heterocycles. The third-order valence-electron chi connectivity index (χ3n) is 4.02. The number of nitrogens with zero attached hydrogens (tertiary/aromatic N) is 1. The van der Waals surface area contributed by atoms with Gasteiger partial charge >= 0.3 is 0 Å². The van der Waals surface area contributed by atoms with Gasteiger partial charge in [-0.1, -0.05) is 43.0 Å². The lowest BCUT2D eigenvalue weighted by atomic mass is 10.1. The highest BCUT2D eigenvalue weighted by Crippen LogP contribution is 2.20. The largest absolute Gasteiger partial charge is 0.497 e. The molecule has 0 aliphatic heterocycles. The van der Waals surface area contributed by atoms with E-state index in [9.17, 15) is 5.11 Å². The first-order valence-electron chi connectivity index (χ1n) is 9.33. The fraction of sp³-hybridized carbons (Fsp3) is 0.318. The highest BCUT2D eigenvalue weighted by Gasteiger charge is 2.10. The smallest absolute Gasteiger partial charge is 0.191 e. The van der Waals surface area contributed by atoms with E-state index < -0.39 is 6.10 Å². The number of nitrogens with one attached hydrogen (secondary N) is 2. The summed E-state index contributed by atoms with van der Waals surface area (Å²) in [6, 6.07) is 15.2. The van der Waals surface area contributed by atoms with E-state index in [-0.39, 0.29) is 0 Å². The van der Waals surface area contributed by atoms with Crippen molar-refractivity contribution in [2.75, 3.05) is 26.8 Å². The van der Waals surface area contributed by atoms with Crippen LogP contribution in [0.15, 0.2) is 66.2 Å². The molecule has 0 aliphatic carbocycles. The van der Waals surface area contributed by atoms with Crippen LogP contribution in [-0.2, 0) is 6.54 Å². The molecule has 2 aromatic rings. The highest BCUT2D eigenvalue weighted by atomic mass is 16.5. The molecule has 1 atom stereocenters. The lowest BCUT2D eigenvalue weighted by Crippen LogP contribution is -2.39. The van der Waals surface area contributed by atoms with E-state index in [0.29, 0.717) is 31.4 Å². The summed E-state index contributed by atoms with van der Waals surface area (Å²) in [6.45, 7) is 7.62. The molecule has 6 heteroatoms. The monoisotopic (exact) mass is 383 g/mol. The van der Waals surface area contributed by atoms with Gasteiger partial charge in [-0.05, 0) is 30.7 Å². The molecule has 0 bridgehead atoms. The minimum absolute atomic E-state index is 0.327. The number of hydrogen-bond donors (Lipinski definition) is 3. The zero-order valence-electron chi connectivity index (χ0n) is 16.5. The zero-order valence-corrected chi connectivity index (χ0v) is 16.5. The van der Waals surface area contributed by atoms with Gasteiger partial charge in [0.1, 0.15) is 18.1 Å². The lowest BCUT2D eigenvalue weighted by molar-refractivity contribution is 0.180. The summed E-state index contributed by atoms with van der Waals surface area (Å²) in [7, 11) is 1.61. The molecule has 0 spiro atoms. The average molecular weight is 383 g/mol. The first kappa shape index (κ1) is 21.3. The van der Waals surface area contributed by atoms with Crippen LogP contribution in [0.2, 0.25) is 0 Å². The van der Waals surface area contributed by atoms with Gasteiger partial charge < -0.3 is 25.2 Å².